The van der Waals surface area contributed by atoms with E-state index < -0.39 is 6.29 Å². The number of para-hydroxylation sites is 2. The Labute approximate surface area is 158 Å². The molecule has 1 aliphatic heterocycles. The van der Waals surface area contributed by atoms with Crippen LogP contribution in [-0.4, -0.2) is 12.9 Å². The highest BCUT2D eigenvalue weighted by molar-refractivity contribution is 5.76. The van der Waals surface area contributed by atoms with Crippen LogP contribution in [0.2, 0.25) is 0 Å². The summed E-state index contributed by atoms with van der Waals surface area (Å²) in [6, 6.07) is 16.8. The molecule has 0 unspecified atom stereocenters. The van der Waals surface area contributed by atoms with E-state index in [4.69, 9.17) is 14.0 Å². The Morgan fingerprint density at radius 3 is 2.63 bits per heavy atom. The third-order valence-corrected chi connectivity index (χ3v) is 4.62. The van der Waals surface area contributed by atoms with Crippen LogP contribution in [0.15, 0.2) is 70.1 Å². The molecule has 3 aromatic rings. The van der Waals surface area contributed by atoms with E-state index in [-0.39, 0.29) is 11.5 Å². The summed E-state index contributed by atoms with van der Waals surface area (Å²) in [6.45, 7) is 4.80. The summed E-state index contributed by atoms with van der Waals surface area (Å²) in [5, 5.41) is 2.35. The van der Waals surface area contributed by atoms with Crippen LogP contribution in [0, 0.1) is 5.92 Å². The summed E-state index contributed by atoms with van der Waals surface area (Å²) in [5.74, 6) is 0.406. The lowest BCUT2D eigenvalue weighted by Gasteiger charge is -2.24. The molecular weight excluding hydrogens is 342 g/mol. The van der Waals surface area contributed by atoms with E-state index >= 15 is 0 Å². The van der Waals surface area contributed by atoms with E-state index in [1.165, 1.54) is 0 Å². The molecule has 27 heavy (non-hydrogen) atoms. The zero-order valence-corrected chi connectivity index (χ0v) is 15.5. The van der Waals surface area contributed by atoms with Crippen molar-refractivity contribution in [2.45, 2.75) is 32.6 Å². The second-order valence-corrected chi connectivity index (χ2v) is 7.19. The van der Waals surface area contributed by atoms with Crippen molar-refractivity contribution >= 4 is 16.7 Å². The van der Waals surface area contributed by atoms with Crippen LogP contribution < -0.4 is 10.5 Å². The summed E-state index contributed by atoms with van der Waals surface area (Å²) < 4.78 is 11.6. The molecule has 2 aromatic carbocycles. The Morgan fingerprint density at radius 2 is 1.85 bits per heavy atom. The maximum absolute atomic E-state index is 13.1. The highest BCUT2D eigenvalue weighted by Gasteiger charge is 2.37. The van der Waals surface area contributed by atoms with E-state index in [0.29, 0.717) is 35.5 Å². The number of hydrogen-bond acceptors (Lipinski definition) is 5. The molecular formula is C22H23NO4. The zero-order chi connectivity index (χ0) is 18.8. The zero-order valence-electron chi connectivity index (χ0n) is 15.5. The SMILES string of the molecule is CC(C)CO[C@@H]1C[C@@H](c2coc3ccccc3c2=O)N(c2ccccc2)O1. The van der Waals surface area contributed by atoms with Gasteiger partial charge in [0.2, 0.25) is 0 Å². The molecule has 0 spiro atoms. The quantitative estimate of drug-likeness (QED) is 0.657. The molecule has 2 heterocycles. The molecule has 0 saturated carbocycles. The van der Waals surface area contributed by atoms with E-state index in [9.17, 15) is 4.79 Å². The summed E-state index contributed by atoms with van der Waals surface area (Å²) in [7, 11) is 0. The summed E-state index contributed by atoms with van der Waals surface area (Å²) in [4.78, 5) is 19.1. The number of benzene rings is 2. The van der Waals surface area contributed by atoms with Gasteiger partial charge in [0, 0.05) is 6.42 Å². The topological polar surface area (TPSA) is 51.9 Å². The molecule has 2 atom stereocenters. The predicted molar refractivity (Wildman–Crippen MR) is 104 cm³/mol. The fourth-order valence-electron chi connectivity index (χ4n) is 3.31. The van der Waals surface area contributed by atoms with Crippen molar-refractivity contribution < 1.29 is 14.0 Å². The van der Waals surface area contributed by atoms with E-state index in [2.05, 4.69) is 13.8 Å². The lowest BCUT2D eigenvalue weighted by molar-refractivity contribution is -0.125. The van der Waals surface area contributed by atoms with Gasteiger partial charge in [-0.05, 0) is 30.2 Å². The van der Waals surface area contributed by atoms with Crippen LogP contribution in [-0.2, 0) is 9.57 Å². The lowest BCUT2D eigenvalue weighted by atomic mass is 10.0. The molecule has 1 aromatic heterocycles. The van der Waals surface area contributed by atoms with Gasteiger partial charge in [-0.3, -0.25) is 4.79 Å². The monoisotopic (exact) mass is 365 g/mol. The predicted octanol–water partition coefficient (Wildman–Crippen LogP) is 4.67. The van der Waals surface area contributed by atoms with Gasteiger partial charge < -0.3 is 9.15 Å². The first-order valence-corrected chi connectivity index (χ1v) is 9.26. The molecule has 1 fully saturated rings. The molecule has 5 nitrogen and oxygen atoms in total. The van der Waals surface area contributed by atoms with E-state index in [1.807, 2.05) is 42.5 Å². The summed E-state index contributed by atoms with van der Waals surface area (Å²) in [6.07, 6.45) is 1.72. The highest BCUT2D eigenvalue weighted by Crippen LogP contribution is 2.37. The number of anilines is 1. The second-order valence-electron chi connectivity index (χ2n) is 7.19. The molecule has 0 bridgehead atoms. The fraction of sp³-hybridized carbons (Fsp3) is 0.318. The average Bonchev–Trinajstić information content (AvgIpc) is 3.12. The normalized spacial score (nSPS) is 19.9. The molecule has 4 rings (SSSR count). The van der Waals surface area contributed by atoms with Crippen LogP contribution in [0.3, 0.4) is 0 Å². The summed E-state index contributed by atoms with van der Waals surface area (Å²) in [5.41, 5.74) is 2.01. The first-order valence-electron chi connectivity index (χ1n) is 9.26. The van der Waals surface area contributed by atoms with Gasteiger partial charge in [0.15, 0.2) is 11.7 Å². The number of hydroxylamine groups is 1. The van der Waals surface area contributed by atoms with Crippen molar-refractivity contribution in [1.82, 2.24) is 0 Å². The van der Waals surface area contributed by atoms with Gasteiger partial charge in [-0.15, -0.1) is 0 Å². The average molecular weight is 365 g/mol. The van der Waals surface area contributed by atoms with Crippen LogP contribution in [0.4, 0.5) is 5.69 Å². The van der Waals surface area contributed by atoms with Crippen LogP contribution >= 0.6 is 0 Å². The minimum absolute atomic E-state index is 0.0316. The molecule has 0 aliphatic carbocycles. The second kappa shape index (κ2) is 7.55. The number of nitrogens with zero attached hydrogens (tertiary/aromatic N) is 1. The van der Waals surface area contributed by atoms with Gasteiger partial charge in [-0.25, -0.2) is 9.90 Å². The molecule has 5 heteroatoms. The number of hydrogen-bond donors (Lipinski definition) is 0. The minimum Gasteiger partial charge on any atom is -0.464 e. The first-order chi connectivity index (χ1) is 13.1. The van der Waals surface area contributed by atoms with Crippen molar-refractivity contribution in [3.05, 3.63) is 76.6 Å². The Balaban J connectivity index is 1.72. The van der Waals surface area contributed by atoms with Crippen LogP contribution in [0.25, 0.3) is 11.0 Å². The van der Waals surface area contributed by atoms with Crippen LogP contribution in [0.5, 0.6) is 0 Å². The largest absolute Gasteiger partial charge is 0.464 e. The summed E-state index contributed by atoms with van der Waals surface area (Å²) >= 11 is 0. The van der Waals surface area contributed by atoms with Crippen molar-refractivity contribution in [1.29, 1.82) is 0 Å². The Hall–Kier alpha value is -2.63. The Kier molecular flexibility index (Phi) is 4.97. The Bertz CT molecular complexity index is 967. The molecule has 1 aliphatic rings. The van der Waals surface area contributed by atoms with Gasteiger partial charge in [0.1, 0.15) is 11.8 Å². The molecule has 1 saturated heterocycles. The molecule has 140 valence electrons. The van der Waals surface area contributed by atoms with Gasteiger partial charge in [-0.2, -0.15) is 0 Å². The highest BCUT2D eigenvalue weighted by atomic mass is 16.8. The standard InChI is InChI=1S/C22H23NO4/c1-15(2)13-26-21-12-19(23(27-21)16-8-4-3-5-9-16)18-14-25-20-11-7-6-10-17(20)22(18)24/h3-11,14-15,19,21H,12-13H2,1-2H3/t19-,21-/m0/s1. The van der Waals surface area contributed by atoms with Gasteiger partial charge in [-0.1, -0.05) is 44.2 Å². The molecule has 0 amide bonds. The number of rotatable bonds is 5. The number of fused-ring (bicyclic) bond motifs is 1. The van der Waals surface area contributed by atoms with Crippen molar-refractivity contribution in [2.24, 2.45) is 5.92 Å². The lowest BCUT2D eigenvalue weighted by Crippen LogP contribution is -2.26. The third-order valence-electron chi connectivity index (χ3n) is 4.62. The number of ether oxygens (including phenoxy) is 1. The van der Waals surface area contributed by atoms with Crippen LogP contribution in [0.1, 0.15) is 31.9 Å². The van der Waals surface area contributed by atoms with Gasteiger partial charge in [0.25, 0.3) is 0 Å². The van der Waals surface area contributed by atoms with Gasteiger partial charge in [0.05, 0.1) is 29.3 Å². The van der Waals surface area contributed by atoms with E-state index in [0.717, 1.165) is 5.69 Å². The van der Waals surface area contributed by atoms with Gasteiger partial charge >= 0.3 is 0 Å². The van der Waals surface area contributed by atoms with E-state index in [1.54, 1.807) is 23.5 Å². The molecule has 0 radical (unpaired) electrons. The Morgan fingerprint density at radius 1 is 1.11 bits per heavy atom. The van der Waals surface area contributed by atoms with Crippen molar-refractivity contribution in [2.75, 3.05) is 11.7 Å². The maximum atomic E-state index is 13.1. The fourth-order valence-corrected chi connectivity index (χ4v) is 3.31. The third kappa shape index (κ3) is 3.61. The van der Waals surface area contributed by atoms with Crippen molar-refractivity contribution in [3.63, 3.8) is 0 Å². The smallest absolute Gasteiger partial charge is 0.198 e. The maximum Gasteiger partial charge on any atom is 0.198 e. The molecule has 0 N–H and O–H groups in total. The van der Waals surface area contributed by atoms with Crippen molar-refractivity contribution in [3.8, 4) is 0 Å². The first kappa shape index (κ1) is 17.8. The minimum atomic E-state index is -0.400.